The van der Waals surface area contributed by atoms with Gasteiger partial charge in [0.05, 0.1) is 21.8 Å². The molecule has 4 nitrogen and oxygen atoms in total. The molecular formula is C17H13ClF9N3O. The second-order valence-corrected chi connectivity index (χ2v) is 6.72. The molecule has 0 bridgehead atoms. The second-order valence-electron chi connectivity index (χ2n) is 6.34. The first kappa shape index (κ1) is 24.8. The molecule has 0 amide bonds. The summed E-state index contributed by atoms with van der Waals surface area (Å²) in [4.78, 5) is 15.9. The van der Waals surface area contributed by atoms with Gasteiger partial charge in [-0.1, -0.05) is 11.6 Å². The Balaban J connectivity index is 3.09. The third kappa shape index (κ3) is 4.75. The first-order valence-corrected chi connectivity index (χ1v) is 8.69. The van der Waals surface area contributed by atoms with Gasteiger partial charge in [0.25, 0.3) is 5.56 Å². The molecule has 14 heteroatoms. The van der Waals surface area contributed by atoms with Crippen molar-refractivity contribution in [2.24, 2.45) is 12.0 Å². The van der Waals surface area contributed by atoms with Crippen molar-refractivity contribution in [2.75, 3.05) is 0 Å². The standard InChI is InChI=1S/C17H13ClF9N3O/c1-4-30-13(31)7(2)12(17(25,26)27)29(3)14(30)28-10-6-8(15(19,20)21)5-9(11(10)18)16(22,23)24/h5-6H,4H2,1-3H3. The summed E-state index contributed by atoms with van der Waals surface area (Å²) >= 11 is 5.61. The number of hydrogen-bond donors (Lipinski definition) is 0. The summed E-state index contributed by atoms with van der Waals surface area (Å²) in [6, 6.07) is -0.0697. The zero-order valence-corrected chi connectivity index (χ0v) is 16.6. The van der Waals surface area contributed by atoms with Crippen molar-refractivity contribution >= 4 is 17.3 Å². The van der Waals surface area contributed by atoms with Gasteiger partial charge < -0.3 is 4.57 Å². The molecule has 2 rings (SSSR count). The van der Waals surface area contributed by atoms with E-state index in [1.807, 2.05) is 0 Å². The van der Waals surface area contributed by atoms with Crippen LogP contribution in [0.25, 0.3) is 0 Å². The fourth-order valence-corrected chi connectivity index (χ4v) is 3.18. The predicted molar refractivity (Wildman–Crippen MR) is 91.8 cm³/mol. The lowest BCUT2D eigenvalue weighted by Crippen LogP contribution is -2.44. The van der Waals surface area contributed by atoms with Gasteiger partial charge in [-0.25, -0.2) is 4.99 Å². The summed E-state index contributed by atoms with van der Waals surface area (Å²) in [6.07, 6.45) is -15.6. The van der Waals surface area contributed by atoms with Crippen molar-refractivity contribution in [1.82, 2.24) is 9.13 Å². The molecule has 2 aromatic rings. The number of nitrogens with zero attached hydrogens (tertiary/aromatic N) is 3. The van der Waals surface area contributed by atoms with Gasteiger partial charge >= 0.3 is 18.5 Å². The van der Waals surface area contributed by atoms with Crippen LogP contribution in [0.1, 0.15) is 29.3 Å². The van der Waals surface area contributed by atoms with E-state index in [0.717, 1.165) is 14.0 Å². The van der Waals surface area contributed by atoms with Crippen LogP contribution in [-0.2, 0) is 32.1 Å². The number of benzene rings is 1. The van der Waals surface area contributed by atoms with Gasteiger partial charge in [0.15, 0.2) is 0 Å². The molecule has 172 valence electrons. The molecule has 0 aliphatic rings. The highest BCUT2D eigenvalue weighted by atomic mass is 35.5. The largest absolute Gasteiger partial charge is 0.431 e. The average Bonchev–Trinajstić information content (AvgIpc) is 2.58. The highest BCUT2D eigenvalue weighted by Crippen LogP contribution is 2.43. The van der Waals surface area contributed by atoms with E-state index in [1.54, 1.807) is 0 Å². The lowest BCUT2D eigenvalue weighted by atomic mass is 10.1. The van der Waals surface area contributed by atoms with Gasteiger partial charge in [-0.2, -0.15) is 39.5 Å². The molecule has 0 fully saturated rings. The zero-order valence-electron chi connectivity index (χ0n) is 15.9. The summed E-state index contributed by atoms with van der Waals surface area (Å²) < 4.78 is 120. The van der Waals surface area contributed by atoms with Gasteiger partial charge in [0.2, 0.25) is 5.62 Å². The van der Waals surface area contributed by atoms with E-state index >= 15 is 0 Å². The van der Waals surface area contributed by atoms with Crippen molar-refractivity contribution in [3.8, 4) is 0 Å². The van der Waals surface area contributed by atoms with Gasteiger partial charge in [-0.3, -0.25) is 9.36 Å². The summed E-state index contributed by atoms with van der Waals surface area (Å²) in [5.74, 6) is 0. The smallest absolute Gasteiger partial charge is 0.310 e. The van der Waals surface area contributed by atoms with Gasteiger partial charge in [-0.05, 0) is 26.0 Å². The minimum atomic E-state index is -5.31. The zero-order chi connectivity index (χ0) is 24.1. The second kappa shape index (κ2) is 7.92. The molecule has 1 aromatic heterocycles. The van der Waals surface area contributed by atoms with Gasteiger partial charge in [0, 0.05) is 19.2 Å². The van der Waals surface area contributed by atoms with Crippen LogP contribution in [0.5, 0.6) is 0 Å². The third-order valence-electron chi connectivity index (χ3n) is 4.29. The Morgan fingerprint density at radius 1 is 0.968 bits per heavy atom. The topological polar surface area (TPSA) is 39.3 Å². The number of aromatic nitrogens is 2. The van der Waals surface area contributed by atoms with Crippen LogP contribution in [0.3, 0.4) is 0 Å². The Morgan fingerprint density at radius 3 is 1.94 bits per heavy atom. The number of halogens is 10. The molecule has 0 aliphatic carbocycles. The molecular weight excluding hydrogens is 469 g/mol. The van der Waals surface area contributed by atoms with E-state index in [2.05, 4.69) is 4.99 Å². The van der Waals surface area contributed by atoms with Crippen LogP contribution in [0.15, 0.2) is 21.9 Å². The monoisotopic (exact) mass is 481 g/mol. The average molecular weight is 482 g/mol. The quantitative estimate of drug-likeness (QED) is 0.525. The van der Waals surface area contributed by atoms with Gasteiger partial charge in [-0.15, -0.1) is 0 Å². The third-order valence-corrected chi connectivity index (χ3v) is 4.69. The maximum absolute atomic E-state index is 13.4. The Kier molecular flexibility index (Phi) is 6.34. The van der Waals surface area contributed by atoms with Crippen molar-refractivity contribution in [3.63, 3.8) is 0 Å². The molecule has 0 aliphatic heterocycles. The Labute approximate surface area is 173 Å². The fraction of sp³-hybridized carbons (Fsp3) is 0.412. The maximum Gasteiger partial charge on any atom is 0.431 e. The molecule has 0 N–H and O–H groups in total. The van der Waals surface area contributed by atoms with Crippen LogP contribution in [-0.4, -0.2) is 9.13 Å². The van der Waals surface area contributed by atoms with E-state index in [0.29, 0.717) is 9.13 Å². The van der Waals surface area contributed by atoms with E-state index in [9.17, 15) is 44.3 Å². The van der Waals surface area contributed by atoms with Crippen LogP contribution in [0.4, 0.5) is 45.2 Å². The molecule has 0 saturated carbocycles. The van der Waals surface area contributed by atoms with E-state index in [-0.39, 0.29) is 18.7 Å². The molecule has 0 atom stereocenters. The van der Waals surface area contributed by atoms with E-state index in [1.165, 1.54) is 6.92 Å². The van der Waals surface area contributed by atoms with Crippen molar-refractivity contribution in [2.45, 2.75) is 38.9 Å². The van der Waals surface area contributed by atoms with Crippen LogP contribution >= 0.6 is 11.6 Å². The van der Waals surface area contributed by atoms with Crippen molar-refractivity contribution < 1.29 is 39.5 Å². The van der Waals surface area contributed by atoms with Gasteiger partial charge in [0.1, 0.15) is 5.69 Å². The number of rotatable bonds is 2. The molecule has 0 unspecified atom stereocenters. The predicted octanol–water partition coefficient (Wildman–Crippen LogP) is 5.46. The highest BCUT2D eigenvalue weighted by molar-refractivity contribution is 6.33. The number of alkyl halides is 9. The molecule has 1 heterocycles. The minimum absolute atomic E-state index is 0.162. The summed E-state index contributed by atoms with van der Waals surface area (Å²) in [5.41, 5.74) is -8.91. The van der Waals surface area contributed by atoms with E-state index in [4.69, 9.17) is 11.6 Å². The maximum atomic E-state index is 13.4. The van der Waals surface area contributed by atoms with Crippen LogP contribution < -0.4 is 11.2 Å². The van der Waals surface area contributed by atoms with E-state index < -0.39 is 62.8 Å². The van der Waals surface area contributed by atoms with Crippen LogP contribution in [0.2, 0.25) is 5.02 Å². The normalized spacial score (nSPS) is 13.8. The lowest BCUT2D eigenvalue weighted by Gasteiger charge is -2.19. The Hall–Kier alpha value is -2.44. The summed E-state index contributed by atoms with van der Waals surface area (Å²) in [7, 11) is 0.826. The molecule has 0 spiro atoms. The first-order valence-electron chi connectivity index (χ1n) is 8.31. The lowest BCUT2D eigenvalue weighted by molar-refractivity contribution is -0.145. The molecule has 0 radical (unpaired) electrons. The number of hydrogen-bond acceptors (Lipinski definition) is 2. The molecule has 0 saturated heterocycles. The van der Waals surface area contributed by atoms with Crippen molar-refractivity contribution in [1.29, 1.82) is 0 Å². The van der Waals surface area contributed by atoms with Crippen molar-refractivity contribution in [3.05, 3.63) is 55.5 Å². The SMILES string of the molecule is CCn1c(=O)c(C)c(C(F)(F)F)n(C)c1=Nc1cc(C(F)(F)F)cc(C(F)(F)F)c1Cl. The van der Waals surface area contributed by atoms with Crippen LogP contribution in [0, 0.1) is 6.92 Å². The molecule has 1 aromatic carbocycles. The fourth-order valence-electron chi connectivity index (χ4n) is 2.92. The molecule has 31 heavy (non-hydrogen) atoms. The Morgan fingerprint density at radius 2 is 1.52 bits per heavy atom. The summed E-state index contributed by atoms with van der Waals surface area (Å²) in [6.45, 7) is 1.95. The summed E-state index contributed by atoms with van der Waals surface area (Å²) in [5, 5.41) is -1.26. The highest BCUT2D eigenvalue weighted by Gasteiger charge is 2.40. The minimum Gasteiger partial charge on any atom is -0.310 e. The Bertz CT molecular complexity index is 1140. The first-order chi connectivity index (χ1) is 13.9.